The molecule has 0 spiro atoms. The number of carbonyl (C=O) groups excluding carboxylic acids is 6. The van der Waals surface area contributed by atoms with E-state index in [1.54, 1.807) is 43.3 Å². The highest BCUT2D eigenvalue weighted by Crippen LogP contribution is 2.40. The van der Waals surface area contributed by atoms with Gasteiger partial charge < -0.3 is 59.0 Å². The van der Waals surface area contributed by atoms with Gasteiger partial charge in [-0.05, 0) is 126 Å². The summed E-state index contributed by atoms with van der Waals surface area (Å²) >= 11 is 0. The van der Waals surface area contributed by atoms with E-state index in [-0.39, 0.29) is 60.7 Å². The lowest BCUT2D eigenvalue weighted by Crippen LogP contribution is -2.46. The maximum atomic E-state index is 14.1. The van der Waals surface area contributed by atoms with Gasteiger partial charge in [-0.2, -0.15) is 0 Å². The Morgan fingerprint density at radius 2 is 1.44 bits per heavy atom. The van der Waals surface area contributed by atoms with Gasteiger partial charge in [0, 0.05) is 61.9 Å². The third-order valence-electron chi connectivity index (χ3n) is 13.5. The van der Waals surface area contributed by atoms with Gasteiger partial charge in [-0.25, -0.2) is 4.79 Å². The van der Waals surface area contributed by atoms with Crippen molar-refractivity contribution in [3.63, 3.8) is 0 Å². The Hall–Kier alpha value is -8.45. The number of nitrogens with one attached hydrogen (secondary N) is 3. The molecule has 0 fully saturated rings. The zero-order chi connectivity index (χ0) is 59.1. The van der Waals surface area contributed by atoms with Crippen molar-refractivity contribution < 1.29 is 57.2 Å². The summed E-state index contributed by atoms with van der Waals surface area (Å²) in [7, 11) is 8.64. The average Bonchev–Trinajstić information content (AvgIpc) is 4.07. The molecule has 81 heavy (non-hydrogen) atoms. The van der Waals surface area contributed by atoms with Crippen molar-refractivity contribution in [1.29, 1.82) is 0 Å². The molecule has 0 saturated heterocycles. The molecule has 3 amide bonds. The van der Waals surface area contributed by atoms with E-state index in [0.29, 0.717) is 91.6 Å². The van der Waals surface area contributed by atoms with E-state index in [0.717, 1.165) is 47.5 Å². The van der Waals surface area contributed by atoms with Crippen LogP contribution < -0.4 is 49.6 Å². The van der Waals surface area contributed by atoms with Gasteiger partial charge in [-0.3, -0.25) is 29.1 Å². The topological polar surface area (TPSA) is 216 Å². The van der Waals surface area contributed by atoms with Crippen LogP contribution in [0.5, 0.6) is 23.0 Å². The molecule has 2 aliphatic heterocycles. The summed E-state index contributed by atoms with van der Waals surface area (Å²) in [5, 5.41) is 8.47. The van der Waals surface area contributed by atoms with Crippen molar-refractivity contribution in [2.75, 3.05) is 88.2 Å². The molecular formula is C62H79N7O12. The molecule has 2 atom stereocenters. The summed E-state index contributed by atoms with van der Waals surface area (Å²) in [4.78, 5) is 80.7. The van der Waals surface area contributed by atoms with Crippen LogP contribution in [0.1, 0.15) is 91.3 Å². The summed E-state index contributed by atoms with van der Waals surface area (Å²) in [5.74, 6) is 1.61. The van der Waals surface area contributed by atoms with E-state index in [1.165, 1.54) is 17.6 Å². The number of aldehydes is 2. The number of amides is 3. The molecule has 5 aromatic carbocycles. The molecule has 19 heteroatoms. The lowest BCUT2D eigenvalue weighted by Gasteiger charge is -2.31. The molecule has 0 bridgehead atoms. The summed E-state index contributed by atoms with van der Waals surface area (Å²) in [6, 6.07) is 30.1. The van der Waals surface area contributed by atoms with E-state index in [4.69, 9.17) is 23.7 Å². The van der Waals surface area contributed by atoms with Gasteiger partial charge in [0.1, 0.15) is 18.5 Å². The quantitative estimate of drug-likeness (QED) is 0.0282. The smallest absolute Gasteiger partial charge is 0.414 e. The molecule has 0 saturated carbocycles. The zero-order valence-electron chi connectivity index (χ0n) is 48.4. The van der Waals surface area contributed by atoms with Gasteiger partial charge in [-0.15, -0.1) is 0 Å². The van der Waals surface area contributed by atoms with Gasteiger partial charge in [0.05, 0.1) is 63.0 Å². The Bertz CT molecular complexity index is 2910. The fraction of sp³-hybridized carbons (Fsp3) is 0.403. The van der Waals surface area contributed by atoms with Gasteiger partial charge in [0.15, 0.2) is 29.3 Å². The van der Waals surface area contributed by atoms with Crippen LogP contribution in [0.25, 0.3) is 0 Å². The minimum Gasteiger partial charge on any atom is -0.493 e. The summed E-state index contributed by atoms with van der Waals surface area (Å²) in [6.45, 7) is 15.2. The van der Waals surface area contributed by atoms with Crippen molar-refractivity contribution in [2.24, 2.45) is 10.9 Å². The highest BCUT2D eigenvalue weighted by Gasteiger charge is 2.33. The summed E-state index contributed by atoms with van der Waals surface area (Å²) in [5.41, 5.74) is 7.22. The maximum Gasteiger partial charge on any atom is 0.414 e. The van der Waals surface area contributed by atoms with Crippen molar-refractivity contribution >= 4 is 72.1 Å². The normalized spacial score (nSPS) is 13.3. The fourth-order valence-electron chi connectivity index (χ4n) is 9.17. The van der Waals surface area contributed by atoms with E-state index < -0.39 is 6.09 Å². The molecule has 0 aliphatic carbocycles. The van der Waals surface area contributed by atoms with Crippen LogP contribution in [0.3, 0.4) is 0 Å². The van der Waals surface area contributed by atoms with Crippen LogP contribution in [0.2, 0.25) is 0 Å². The number of aliphatic imine (C=N–C) groups is 1. The average molecular weight is 1110 g/mol. The number of benzene rings is 5. The number of unbranched alkanes of at least 4 members (excludes halogenated alkanes) is 2. The second-order valence-corrected chi connectivity index (χ2v) is 20.4. The minimum absolute atomic E-state index is 0.0535. The minimum atomic E-state index is -0.586. The van der Waals surface area contributed by atoms with Crippen LogP contribution in [0.15, 0.2) is 102 Å². The van der Waals surface area contributed by atoms with E-state index >= 15 is 0 Å². The van der Waals surface area contributed by atoms with Crippen LogP contribution in [-0.2, 0) is 43.3 Å². The summed E-state index contributed by atoms with van der Waals surface area (Å²) in [6.07, 6.45) is 4.47. The lowest BCUT2D eigenvalue weighted by atomic mass is 10.0. The first-order valence-electron chi connectivity index (χ1n) is 27.0. The highest BCUT2D eigenvalue weighted by molar-refractivity contribution is 6.11. The number of hydrogen-bond donors (Lipinski definition) is 3. The largest absolute Gasteiger partial charge is 0.493 e. The predicted octanol–water partition coefficient (Wildman–Crippen LogP) is 9.43. The molecule has 0 aromatic heterocycles. The van der Waals surface area contributed by atoms with Gasteiger partial charge >= 0.3 is 6.09 Å². The Morgan fingerprint density at radius 1 is 0.815 bits per heavy atom. The first kappa shape index (κ1) is 63.4. The van der Waals surface area contributed by atoms with Gasteiger partial charge in [0.25, 0.3) is 12.4 Å². The monoisotopic (exact) mass is 1110 g/mol. The van der Waals surface area contributed by atoms with Crippen molar-refractivity contribution in [3.8, 4) is 23.0 Å². The number of fused-ring (bicyclic) bond motifs is 2. The Balaban J connectivity index is 0.000000541. The molecule has 7 rings (SSSR count). The van der Waals surface area contributed by atoms with E-state index in [2.05, 4.69) is 49.4 Å². The number of carbonyl (C=O) groups is 6. The molecule has 19 nitrogen and oxygen atoms in total. The number of para-hydroxylation sites is 2. The molecule has 434 valence electrons. The first-order chi connectivity index (χ1) is 38.9. The SMILES string of the molecule is C=Nc1cc(OCCCCCOc2cc(N(CC3Cc4ccccc4N3C)C(=O)OCc3ccc(NC)cc3)c(C=O)cc2OC)c(OC)cc1C(=O)N1CCc2ccccc21.CC(C)(C)OC=O.CNC(C(=O)NCC=O)C(C)C. The number of nitrogens with zero attached hydrogens (tertiary/aromatic N) is 4. The number of hydrogen-bond acceptors (Lipinski definition) is 16. The van der Waals surface area contributed by atoms with Gasteiger partial charge in [-0.1, -0.05) is 62.4 Å². The molecule has 3 N–H and O–H groups in total. The predicted molar refractivity (Wildman–Crippen MR) is 317 cm³/mol. The number of methoxy groups -OCH3 is 2. The number of ether oxygens (including phenoxy) is 6. The van der Waals surface area contributed by atoms with E-state index in [9.17, 15) is 28.8 Å². The molecule has 2 heterocycles. The number of rotatable bonds is 25. The second-order valence-electron chi connectivity index (χ2n) is 20.4. The van der Waals surface area contributed by atoms with Crippen LogP contribution in [0, 0.1) is 5.92 Å². The lowest BCUT2D eigenvalue weighted by molar-refractivity contribution is -0.138. The Labute approximate surface area is 476 Å². The van der Waals surface area contributed by atoms with Crippen LogP contribution in [0.4, 0.5) is 33.2 Å². The van der Waals surface area contributed by atoms with Crippen molar-refractivity contribution in [2.45, 2.75) is 91.0 Å². The Morgan fingerprint density at radius 3 is 2.00 bits per heavy atom. The first-order valence-corrected chi connectivity index (χ1v) is 27.0. The third kappa shape index (κ3) is 17.8. The maximum absolute atomic E-state index is 14.1. The molecule has 0 radical (unpaired) electrons. The molecule has 2 unspecified atom stereocenters. The van der Waals surface area contributed by atoms with E-state index in [1.807, 2.05) is 109 Å². The fourth-order valence-corrected chi connectivity index (χ4v) is 9.17. The van der Waals surface area contributed by atoms with Gasteiger partial charge in [0.2, 0.25) is 5.91 Å². The summed E-state index contributed by atoms with van der Waals surface area (Å²) < 4.78 is 34.1. The molecule has 5 aromatic rings. The zero-order valence-corrected chi connectivity index (χ0v) is 48.4. The van der Waals surface area contributed by atoms with Crippen molar-refractivity contribution in [1.82, 2.24) is 10.6 Å². The standard InChI is InChI=1S/C49H53N5O8.C8H16N2O2.C5H10O2/c1-50-37-19-17-33(18-20-37)32-62-49(57)54(30-38-25-35-14-8-9-15-41(35)52(38)3)43-29-47(44(58-4)26-36(43)31-55)61-24-12-6-11-23-60-46-28-40(51-2)39(27-45(46)59-5)48(56)53-22-21-34-13-7-10-16-42(34)53;1-6(2)7(9-3)8(12)10-4-5-11;1-5(2,3)7-4-6/h7-10,13-20,26-29,31,38,50H,2,6,11-12,21-25,30,32H2,1,3-5H3;5-7,9H,4H2,1-3H3,(H,10,12);4H,1-3H3. The number of anilines is 4. The van der Waals surface area contributed by atoms with Crippen molar-refractivity contribution in [3.05, 3.63) is 125 Å². The Kier molecular flexibility index (Phi) is 24.5. The number of likely N-dealkylation sites (N-methyl/N-ethyl adjacent to an activating group) is 2. The van der Waals surface area contributed by atoms with Crippen LogP contribution in [-0.4, -0.2) is 130 Å². The molecule has 2 aliphatic rings. The molecular weight excluding hydrogens is 1030 g/mol. The highest BCUT2D eigenvalue weighted by atomic mass is 16.6. The van der Waals surface area contributed by atoms with Crippen LogP contribution >= 0.6 is 0 Å². The third-order valence-corrected chi connectivity index (χ3v) is 13.5. The second kappa shape index (κ2) is 31.4.